The van der Waals surface area contributed by atoms with E-state index in [0.29, 0.717) is 6.04 Å². The molecule has 104 valence electrons. The van der Waals surface area contributed by atoms with Gasteiger partial charge in [0.1, 0.15) is 5.82 Å². The van der Waals surface area contributed by atoms with Crippen molar-refractivity contribution in [3.63, 3.8) is 0 Å². The van der Waals surface area contributed by atoms with E-state index < -0.39 is 0 Å². The second kappa shape index (κ2) is 4.90. The summed E-state index contributed by atoms with van der Waals surface area (Å²) in [7, 11) is 2.05. The summed E-state index contributed by atoms with van der Waals surface area (Å²) in [6, 6.07) is 3.76. The number of nitrogens with one attached hydrogen (secondary N) is 1. The lowest BCUT2D eigenvalue weighted by atomic mass is 9.78. The third-order valence-electron chi connectivity index (χ3n) is 5.40. The van der Waals surface area contributed by atoms with E-state index in [1.807, 2.05) is 13.8 Å². The van der Waals surface area contributed by atoms with Crippen LogP contribution in [0.3, 0.4) is 0 Å². The van der Waals surface area contributed by atoms with Crippen molar-refractivity contribution in [3.05, 3.63) is 34.6 Å². The Labute approximate surface area is 115 Å². The standard InChI is InChI=1S/C17H24FN/c1-10-6-14(18)7-11(2)16(10)17(19-3)15-9-12-4-5-13(15)8-12/h6-7,12-13,15,17,19H,4-5,8-9H2,1-3H3. The Hall–Kier alpha value is -0.890. The van der Waals surface area contributed by atoms with Crippen LogP contribution in [0.4, 0.5) is 4.39 Å². The molecule has 19 heavy (non-hydrogen) atoms. The van der Waals surface area contributed by atoms with E-state index >= 15 is 0 Å². The van der Waals surface area contributed by atoms with E-state index in [0.717, 1.165) is 28.9 Å². The van der Waals surface area contributed by atoms with Crippen LogP contribution in [0.5, 0.6) is 0 Å². The van der Waals surface area contributed by atoms with E-state index in [2.05, 4.69) is 12.4 Å². The Morgan fingerprint density at radius 2 is 1.84 bits per heavy atom. The molecule has 2 aliphatic rings. The first-order valence-electron chi connectivity index (χ1n) is 7.54. The molecule has 2 bridgehead atoms. The van der Waals surface area contributed by atoms with E-state index in [1.54, 1.807) is 12.1 Å². The van der Waals surface area contributed by atoms with Crippen LogP contribution < -0.4 is 5.32 Å². The lowest BCUT2D eigenvalue weighted by Crippen LogP contribution is -2.30. The van der Waals surface area contributed by atoms with Crippen LogP contribution in [-0.2, 0) is 0 Å². The Kier molecular flexibility index (Phi) is 3.38. The first-order chi connectivity index (χ1) is 9.10. The fourth-order valence-corrected chi connectivity index (χ4v) is 4.69. The molecule has 2 aliphatic carbocycles. The van der Waals surface area contributed by atoms with Crippen molar-refractivity contribution >= 4 is 0 Å². The molecule has 0 radical (unpaired) electrons. The topological polar surface area (TPSA) is 12.0 Å². The molecule has 2 fully saturated rings. The zero-order valence-electron chi connectivity index (χ0n) is 12.2. The van der Waals surface area contributed by atoms with Gasteiger partial charge in [-0.3, -0.25) is 0 Å². The van der Waals surface area contributed by atoms with Gasteiger partial charge in [-0.25, -0.2) is 4.39 Å². The molecule has 2 heteroatoms. The molecule has 1 aromatic rings. The molecule has 0 aromatic heterocycles. The van der Waals surface area contributed by atoms with Crippen LogP contribution in [0.15, 0.2) is 12.1 Å². The molecule has 0 aliphatic heterocycles. The minimum atomic E-state index is -0.110. The third-order valence-corrected chi connectivity index (χ3v) is 5.40. The number of benzene rings is 1. The minimum Gasteiger partial charge on any atom is -0.313 e. The van der Waals surface area contributed by atoms with Gasteiger partial charge in [0.05, 0.1) is 0 Å². The van der Waals surface area contributed by atoms with Crippen LogP contribution in [0.25, 0.3) is 0 Å². The van der Waals surface area contributed by atoms with Crippen molar-refractivity contribution in [1.82, 2.24) is 5.32 Å². The minimum absolute atomic E-state index is 0.110. The molecular formula is C17H24FN. The molecule has 0 amide bonds. The quantitative estimate of drug-likeness (QED) is 0.862. The molecule has 1 N–H and O–H groups in total. The molecule has 0 heterocycles. The average Bonchev–Trinajstić information content (AvgIpc) is 2.95. The smallest absolute Gasteiger partial charge is 0.123 e. The van der Waals surface area contributed by atoms with Crippen LogP contribution >= 0.6 is 0 Å². The highest BCUT2D eigenvalue weighted by Crippen LogP contribution is 2.53. The lowest BCUT2D eigenvalue weighted by molar-refractivity contribution is 0.258. The monoisotopic (exact) mass is 261 g/mol. The highest BCUT2D eigenvalue weighted by atomic mass is 19.1. The van der Waals surface area contributed by atoms with Gasteiger partial charge in [0.2, 0.25) is 0 Å². The molecule has 1 nitrogen and oxygen atoms in total. The first-order valence-corrected chi connectivity index (χ1v) is 7.54. The normalized spacial score (nSPS) is 30.8. The number of fused-ring (bicyclic) bond motifs is 2. The zero-order chi connectivity index (χ0) is 13.6. The maximum atomic E-state index is 13.5. The summed E-state index contributed by atoms with van der Waals surface area (Å²) in [4.78, 5) is 0. The molecule has 0 saturated heterocycles. The van der Waals surface area contributed by atoms with Crippen LogP contribution in [-0.4, -0.2) is 7.05 Å². The van der Waals surface area contributed by atoms with Crippen molar-refractivity contribution in [2.75, 3.05) is 7.05 Å². The number of halogens is 1. The summed E-state index contributed by atoms with van der Waals surface area (Å²) in [5, 5.41) is 3.52. The average molecular weight is 261 g/mol. The summed E-state index contributed by atoms with van der Waals surface area (Å²) in [5.41, 5.74) is 3.53. The second-order valence-corrected chi connectivity index (χ2v) is 6.56. The van der Waals surface area contributed by atoms with E-state index in [4.69, 9.17) is 0 Å². The van der Waals surface area contributed by atoms with Crippen molar-refractivity contribution in [2.24, 2.45) is 17.8 Å². The van der Waals surface area contributed by atoms with Crippen molar-refractivity contribution < 1.29 is 4.39 Å². The van der Waals surface area contributed by atoms with Crippen molar-refractivity contribution in [2.45, 2.75) is 45.6 Å². The Bertz CT molecular complexity index is 459. The van der Waals surface area contributed by atoms with Crippen molar-refractivity contribution in [1.29, 1.82) is 0 Å². The van der Waals surface area contributed by atoms with Crippen LogP contribution in [0, 0.1) is 37.4 Å². The predicted octanol–water partition coefficient (Wildman–Crippen LogP) is 4.14. The zero-order valence-corrected chi connectivity index (χ0v) is 12.2. The number of rotatable bonds is 3. The predicted molar refractivity (Wildman–Crippen MR) is 76.6 cm³/mol. The van der Waals surface area contributed by atoms with E-state index in [1.165, 1.54) is 31.2 Å². The largest absolute Gasteiger partial charge is 0.313 e. The number of hydrogen-bond acceptors (Lipinski definition) is 1. The summed E-state index contributed by atoms with van der Waals surface area (Å²) in [5.74, 6) is 2.46. The van der Waals surface area contributed by atoms with E-state index in [-0.39, 0.29) is 5.82 Å². The molecule has 3 rings (SSSR count). The van der Waals surface area contributed by atoms with Gasteiger partial charge in [0.25, 0.3) is 0 Å². The van der Waals surface area contributed by atoms with Gasteiger partial charge in [0.15, 0.2) is 0 Å². The Morgan fingerprint density at radius 3 is 2.32 bits per heavy atom. The Morgan fingerprint density at radius 1 is 1.16 bits per heavy atom. The van der Waals surface area contributed by atoms with E-state index in [9.17, 15) is 4.39 Å². The van der Waals surface area contributed by atoms with Crippen molar-refractivity contribution in [3.8, 4) is 0 Å². The summed E-state index contributed by atoms with van der Waals surface area (Å²) in [6.07, 6.45) is 5.60. The maximum absolute atomic E-state index is 13.5. The molecule has 1 aromatic carbocycles. The van der Waals surface area contributed by atoms with Crippen LogP contribution in [0.1, 0.15) is 48.4 Å². The summed E-state index contributed by atoms with van der Waals surface area (Å²) < 4.78 is 13.5. The van der Waals surface area contributed by atoms with Gasteiger partial charge in [-0.15, -0.1) is 0 Å². The molecule has 0 spiro atoms. The van der Waals surface area contributed by atoms with Gasteiger partial charge < -0.3 is 5.32 Å². The first kappa shape index (κ1) is 13.1. The number of aryl methyl sites for hydroxylation is 2. The van der Waals surface area contributed by atoms with Gasteiger partial charge in [-0.05, 0) is 86.7 Å². The Balaban J connectivity index is 1.95. The van der Waals surface area contributed by atoms with Crippen LogP contribution in [0.2, 0.25) is 0 Å². The molecule has 2 saturated carbocycles. The van der Waals surface area contributed by atoms with Gasteiger partial charge in [-0.2, -0.15) is 0 Å². The second-order valence-electron chi connectivity index (χ2n) is 6.56. The summed E-state index contributed by atoms with van der Waals surface area (Å²) >= 11 is 0. The third kappa shape index (κ3) is 2.20. The summed E-state index contributed by atoms with van der Waals surface area (Å²) in [6.45, 7) is 4.09. The number of hydrogen-bond donors (Lipinski definition) is 1. The highest BCUT2D eigenvalue weighted by molar-refractivity contribution is 5.37. The van der Waals surface area contributed by atoms with Gasteiger partial charge in [-0.1, -0.05) is 6.42 Å². The fraction of sp³-hybridized carbons (Fsp3) is 0.647. The van der Waals surface area contributed by atoms with Gasteiger partial charge >= 0.3 is 0 Å². The fourth-order valence-electron chi connectivity index (χ4n) is 4.69. The molecular weight excluding hydrogens is 237 g/mol. The van der Waals surface area contributed by atoms with Gasteiger partial charge in [0, 0.05) is 6.04 Å². The molecule has 4 unspecified atom stereocenters. The SMILES string of the molecule is CNC(c1c(C)cc(F)cc1C)C1CC2CCC1C2. The molecule has 4 atom stereocenters. The highest BCUT2D eigenvalue weighted by Gasteiger charge is 2.43. The maximum Gasteiger partial charge on any atom is 0.123 e. The lowest BCUT2D eigenvalue weighted by Gasteiger charge is -2.32.